The van der Waals surface area contributed by atoms with Gasteiger partial charge in [-0.2, -0.15) is 0 Å². The van der Waals surface area contributed by atoms with Gasteiger partial charge in [-0.15, -0.1) is 0 Å². The fraction of sp³-hybridized carbons (Fsp3) is 0.462. The summed E-state index contributed by atoms with van der Waals surface area (Å²) in [6.45, 7) is 0.752. The molecule has 0 spiro atoms. The third-order valence-corrected chi connectivity index (χ3v) is 3.87. The van der Waals surface area contributed by atoms with E-state index in [9.17, 15) is 24.9 Å². The number of nitrogens with one attached hydrogen (secondary N) is 1. The molecule has 0 amide bonds. The van der Waals surface area contributed by atoms with Crippen molar-refractivity contribution in [2.24, 2.45) is 0 Å². The van der Waals surface area contributed by atoms with Crippen molar-refractivity contribution in [3.63, 3.8) is 0 Å². The van der Waals surface area contributed by atoms with Gasteiger partial charge in [0.1, 0.15) is 17.8 Å². The van der Waals surface area contributed by atoms with Crippen LogP contribution in [0.4, 0.5) is 0 Å². The number of aromatic nitrogens is 3. The Morgan fingerprint density at radius 2 is 2.23 bits per heavy atom. The Balaban J connectivity index is 2.27. The van der Waals surface area contributed by atoms with Crippen molar-refractivity contribution in [3.05, 3.63) is 39.2 Å². The molecule has 0 saturated carbocycles. The number of aliphatic hydroxyl groups excluding tert-OH is 2. The fourth-order valence-electron chi connectivity index (χ4n) is 2.67. The summed E-state index contributed by atoms with van der Waals surface area (Å²) in [5, 5.41) is 29.8. The predicted molar refractivity (Wildman–Crippen MR) is 74.3 cm³/mol. The monoisotopic (exact) mass is 309 g/mol. The van der Waals surface area contributed by atoms with Crippen molar-refractivity contribution in [1.29, 1.82) is 0 Å². The Morgan fingerprint density at radius 1 is 1.50 bits per heavy atom. The summed E-state index contributed by atoms with van der Waals surface area (Å²) >= 11 is 0. The number of nitrogens with zero attached hydrogens (tertiary/aromatic N) is 2. The molecule has 0 bridgehead atoms. The number of fused-ring (bicyclic) bond motifs is 1. The number of pyridine rings is 1. The number of hydrogen-bond acceptors (Lipinski definition) is 7. The van der Waals surface area contributed by atoms with E-state index in [2.05, 4.69) is 9.97 Å². The van der Waals surface area contributed by atoms with Crippen LogP contribution in [-0.4, -0.2) is 54.3 Å². The zero-order valence-corrected chi connectivity index (χ0v) is 11.6. The lowest BCUT2D eigenvalue weighted by molar-refractivity contribution is -0.0968. The molecule has 1 fully saturated rings. The van der Waals surface area contributed by atoms with Crippen molar-refractivity contribution >= 4 is 11.0 Å². The van der Waals surface area contributed by atoms with Crippen molar-refractivity contribution in [3.8, 4) is 0 Å². The Bertz CT molecular complexity index is 826. The maximum Gasteiger partial charge on any atom is 0.332 e. The summed E-state index contributed by atoms with van der Waals surface area (Å²) in [7, 11) is 0. The third-order valence-electron chi connectivity index (χ3n) is 3.87. The molecule has 0 unspecified atom stereocenters. The molecule has 9 nitrogen and oxygen atoms in total. The van der Waals surface area contributed by atoms with Crippen molar-refractivity contribution < 1.29 is 20.1 Å². The zero-order chi connectivity index (χ0) is 16.1. The fourth-order valence-corrected chi connectivity index (χ4v) is 2.67. The van der Waals surface area contributed by atoms with E-state index in [4.69, 9.17) is 4.74 Å². The predicted octanol–water partition coefficient (Wildman–Crippen LogP) is -1.91. The molecule has 3 rings (SSSR count). The molecular weight excluding hydrogens is 294 g/mol. The van der Waals surface area contributed by atoms with Crippen LogP contribution in [-0.2, 0) is 4.74 Å². The number of H-pyrrole nitrogens is 1. The van der Waals surface area contributed by atoms with Gasteiger partial charge < -0.3 is 20.1 Å². The van der Waals surface area contributed by atoms with Gasteiger partial charge in [0.05, 0.1) is 12.0 Å². The molecule has 3 heterocycles. The van der Waals surface area contributed by atoms with Gasteiger partial charge in [0.25, 0.3) is 5.56 Å². The van der Waals surface area contributed by atoms with Crippen molar-refractivity contribution in [2.45, 2.75) is 31.0 Å². The highest BCUT2D eigenvalue weighted by atomic mass is 16.6. The molecule has 4 atom stereocenters. The van der Waals surface area contributed by atoms with Crippen LogP contribution in [0.1, 0.15) is 13.2 Å². The van der Waals surface area contributed by atoms with Crippen LogP contribution in [0.25, 0.3) is 11.0 Å². The van der Waals surface area contributed by atoms with E-state index in [-0.39, 0.29) is 11.0 Å². The van der Waals surface area contributed by atoms with E-state index in [1.54, 1.807) is 0 Å². The number of aromatic amines is 1. The van der Waals surface area contributed by atoms with Crippen molar-refractivity contribution in [2.75, 3.05) is 6.61 Å². The molecule has 0 aliphatic carbocycles. The van der Waals surface area contributed by atoms with Crippen LogP contribution < -0.4 is 11.2 Å². The summed E-state index contributed by atoms with van der Waals surface area (Å²) in [4.78, 5) is 30.1. The highest BCUT2D eigenvalue weighted by molar-refractivity contribution is 5.73. The summed E-state index contributed by atoms with van der Waals surface area (Å²) in [5.41, 5.74) is -3.26. The molecule has 1 saturated heterocycles. The van der Waals surface area contributed by atoms with E-state index in [1.165, 1.54) is 25.3 Å². The second kappa shape index (κ2) is 4.99. The van der Waals surface area contributed by atoms with Crippen LogP contribution >= 0.6 is 0 Å². The second-order valence-electron chi connectivity index (χ2n) is 5.38. The largest absolute Gasteiger partial charge is 0.394 e. The Morgan fingerprint density at radius 3 is 2.86 bits per heavy atom. The summed E-state index contributed by atoms with van der Waals surface area (Å²) < 4.78 is 6.37. The number of ether oxygens (including phenoxy) is 1. The molecule has 2 aromatic rings. The first kappa shape index (κ1) is 14.9. The van der Waals surface area contributed by atoms with E-state index >= 15 is 0 Å². The number of hydrogen-bond donors (Lipinski definition) is 4. The Labute approximate surface area is 123 Å². The van der Waals surface area contributed by atoms with Gasteiger partial charge >= 0.3 is 5.69 Å². The highest BCUT2D eigenvalue weighted by Gasteiger charge is 2.53. The van der Waals surface area contributed by atoms with Gasteiger partial charge in [0.15, 0.2) is 11.9 Å². The van der Waals surface area contributed by atoms with Crippen LogP contribution in [0.3, 0.4) is 0 Å². The van der Waals surface area contributed by atoms with Crippen LogP contribution in [0, 0.1) is 0 Å². The first-order valence-corrected chi connectivity index (χ1v) is 6.64. The SMILES string of the molecule is C[C@@]1(O)[C@H](O)[C@@H](CO)O[C@H]1n1c(=O)[nH]c(=O)c2cccnc21. The molecule has 118 valence electrons. The first-order valence-electron chi connectivity index (χ1n) is 6.64. The third kappa shape index (κ3) is 1.98. The smallest absolute Gasteiger partial charge is 0.332 e. The lowest BCUT2D eigenvalue weighted by Crippen LogP contribution is -2.47. The van der Waals surface area contributed by atoms with Gasteiger partial charge in [0, 0.05) is 6.20 Å². The molecule has 4 N–H and O–H groups in total. The average Bonchev–Trinajstić information content (AvgIpc) is 2.71. The number of aliphatic hydroxyl groups is 3. The van der Waals surface area contributed by atoms with Gasteiger partial charge in [-0.05, 0) is 19.1 Å². The second-order valence-corrected chi connectivity index (χ2v) is 5.38. The van der Waals surface area contributed by atoms with Crippen LogP contribution in [0.5, 0.6) is 0 Å². The molecule has 1 aliphatic rings. The summed E-state index contributed by atoms with van der Waals surface area (Å²) in [5.74, 6) is 0. The first-order chi connectivity index (χ1) is 10.4. The number of rotatable bonds is 2. The minimum atomic E-state index is -1.85. The summed E-state index contributed by atoms with van der Waals surface area (Å²) in [6, 6.07) is 3.01. The molecule has 0 aromatic carbocycles. The maximum absolute atomic E-state index is 12.2. The normalized spacial score (nSPS) is 31.7. The van der Waals surface area contributed by atoms with Gasteiger partial charge in [-0.1, -0.05) is 0 Å². The lowest BCUT2D eigenvalue weighted by Gasteiger charge is -2.27. The summed E-state index contributed by atoms with van der Waals surface area (Å²) in [6.07, 6.45) is -2.37. The quantitative estimate of drug-likeness (QED) is 0.507. The molecular formula is C13H15N3O6. The van der Waals surface area contributed by atoms with E-state index in [1.807, 2.05) is 0 Å². The standard InChI is InChI=1S/C13H15N3O6/c1-13(21)8(18)7(5-17)22-11(13)16-9-6(3-2-4-14-9)10(19)15-12(16)20/h2-4,7-8,11,17-18,21H,5H2,1H3,(H,15,19,20)/t7-,8-,11-,13-/m1/s1. The maximum atomic E-state index is 12.2. The van der Waals surface area contributed by atoms with Gasteiger partial charge in [-0.25, -0.2) is 14.3 Å². The average molecular weight is 309 g/mol. The lowest BCUT2D eigenvalue weighted by atomic mass is 9.96. The Hall–Kier alpha value is -2.07. The van der Waals surface area contributed by atoms with Crippen LogP contribution in [0.15, 0.2) is 27.9 Å². The van der Waals surface area contributed by atoms with E-state index in [0.29, 0.717) is 0 Å². The highest BCUT2D eigenvalue weighted by Crippen LogP contribution is 2.37. The molecule has 0 radical (unpaired) electrons. The molecule has 2 aromatic heterocycles. The van der Waals surface area contributed by atoms with Crippen molar-refractivity contribution in [1.82, 2.24) is 14.5 Å². The van der Waals surface area contributed by atoms with E-state index in [0.717, 1.165) is 4.57 Å². The van der Waals surface area contributed by atoms with E-state index < -0.39 is 41.9 Å². The topological polar surface area (TPSA) is 138 Å². The molecule has 22 heavy (non-hydrogen) atoms. The molecule has 1 aliphatic heterocycles. The Kier molecular flexibility index (Phi) is 3.37. The van der Waals surface area contributed by atoms with Gasteiger partial charge in [0.2, 0.25) is 0 Å². The molecule has 9 heteroatoms. The minimum Gasteiger partial charge on any atom is -0.394 e. The van der Waals surface area contributed by atoms with Crippen LogP contribution in [0.2, 0.25) is 0 Å². The minimum absolute atomic E-state index is 0.0207. The van der Waals surface area contributed by atoms with Gasteiger partial charge in [-0.3, -0.25) is 9.78 Å². The zero-order valence-electron chi connectivity index (χ0n) is 11.6.